The molecule has 21 heavy (non-hydrogen) atoms. The van der Waals surface area contributed by atoms with Crippen LogP contribution >= 0.6 is 0 Å². The van der Waals surface area contributed by atoms with Crippen LogP contribution in [-0.2, 0) is 15.1 Å². The number of aliphatic hydroxyl groups excluding tert-OH is 1. The van der Waals surface area contributed by atoms with Crippen molar-refractivity contribution in [2.24, 2.45) is 5.92 Å². The van der Waals surface area contributed by atoms with Gasteiger partial charge < -0.3 is 14.7 Å². The molecular weight excluding hydrogens is 266 g/mol. The number of para-hydroxylation sites is 1. The van der Waals surface area contributed by atoms with Gasteiger partial charge in [-0.05, 0) is 18.9 Å². The van der Waals surface area contributed by atoms with Crippen LogP contribution in [0.5, 0.6) is 0 Å². The highest BCUT2D eigenvalue weighted by Gasteiger charge is 2.59. The summed E-state index contributed by atoms with van der Waals surface area (Å²) in [4.78, 5) is 14.8. The molecule has 0 aliphatic carbocycles. The van der Waals surface area contributed by atoms with Gasteiger partial charge in [0.25, 0.3) is 5.91 Å². The van der Waals surface area contributed by atoms with Gasteiger partial charge in [-0.15, -0.1) is 6.58 Å². The van der Waals surface area contributed by atoms with Crippen LogP contribution in [0.1, 0.15) is 25.3 Å². The third-order valence-electron chi connectivity index (χ3n) is 4.58. The summed E-state index contributed by atoms with van der Waals surface area (Å²) < 4.78 is 6.19. The predicted octanol–water partition coefficient (Wildman–Crippen LogP) is 2.22. The number of hydrogen-bond donors (Lipinski definition) is 1. The van der Waals surface area contributed by atoms with Crippen molar-refractivity contribution in [3.05, 3.63) is 42.5 Å². The fraction of sp³-hybridized carbons (Fsp3) is 0.471. The van der Waals surface area contributed by atoms with Crippen LogP contribution in [-0.4, -0.2) is 30.3 Å². The minimum atomic E-state index is -0.889. The Hall–Kier alpha value is -1.65. The first-order valence-electron chi connectivity index (χ1n) is 7.46. The third kappa shape index (κ3) is 1.93. The first-order chi connectivity index (χ1) is 10.1. The molecule has 0 aromatic heterocycles. The van der Waals surface area contributed by atoms with Crippen LogP contribution in [0.2, 0.25) is 0 Å². The van der Waals surface area contributed by atoms with Gasteiger partial charge >= 0.3 is 0 Å². The lowest BCUT2D eigenvalue weighted by atomic mass is 9.83. The van der Waals surface area contributed by atoms with E-state index in [1.54, 1.807) is 11.0 Å². The molecule has 0 saturated carbocycles. The van der Waals surface area contributed by atoms with Gasteiger partial charge in [0.05, 0.1) is 11.8 Å². The van der Waals surface area contributed by atoms with Gasteiger partial charge in [-0.2, -0.15) is 0 Å². The molecule has 4 heteroatoms. The Morgan fingerprint density at radius 2 is 2.29 bits per heavy atom. The molecule has 1 saturated heterocycles. The number of rotatable bonds is 4. The Balaban J connectivity index is 2.06. The number of carbonyl (C=O) groups excluding carboxylic acids is 1. The molecule has 1 aromatic rings. The van der Waals surface area contributed by atoms with Crippen LogP contribution in [0.3, 0.4) is 0 Å². The first kappa shape index (κ1) is 14.3. The second-order valence-electron chi connectivity index (χ2n) is 5.85. The minimum Gasteiger partial charge on any atom is -0.396 e. The van der Waals surface area contributed by atoms with Crippen LogP contribution in [0, 0.1) is 5.92 Å². The van der Waals surface area contributed by atoms with E-state index in [1.807, 2.05) is 24.3 Å². The van der Waals surface area contributed by atoms with E-state index >= 15 is 0 Å². The van der Waals surface area contributed by atoms with E-state index in [-0.39, 0.29) is 24.5 Å². The molecule has 1 fully saturated rings. The first-order valence-corrected chi connectivity index (χ1v) is 7.46. The molecular formula is C17H21NO3. The van der Waals surface area contributed by atoms with Gasteiger partial charge in [-0.3, -0.25) is 4.79 Å². The van der Waals surface area contributed by atoms with Gasteiger partial charge in [-0.1, -0.05) is 31.2 Å². The fourth-order valence-electron chi connectivity index (χ4n) is 3.66. The van der Waals surface area contributed by atoms with Gasteiger partial charge in [0, 0.05) is 24.6 Å². The van der Waals surface area contributed by atoms with Crippen molar-refractivity contribution in [2.45, 2.75) is 31.5 Å². The van der Waals surface area contributed by atoms with E-state index in [1.165, 1.54) is 0 Å². The van der Waals surface area contributed by atoms with Crippen LogP contribution in [0.15, 0.2) is 36.9 Å². The molecule has 112 valence electrons. The Morgan fingerprint density at radius 1 is 1.52 bits per heavy atom. The smallest absolute Gasteiger partial charge is 0.264 e. The molecule has 1 N–H and O–H groups in total. The van der Waals surface area contributed by atoms with Crippen molar-refractivity contribution < 1.29 is 14.6 Å². The van der Waals surface area contributed by atoms with Crippen LogP contribution in [0.4, 0.5) is 5.69 Å². The van der Waals surface area contributed by atoms with Crippen molar-refractivity contribution in [3.8, 4) is 0 Å². The van der Waals surface area contributed by atoms with Crippen molar-refractivity contribution in [1.29, 1.82) is 0 Å². The zero-order chi connectivity index (χ0) is 15.0. The molecule has 3 atom stereocenters. The average Bonchev–Trinajstić information content (AvgIpc) is 2.92. The van der Waals surface area contributed by atoms with E-state index in [9.17, 15) is 4.79 Å². The van der Waals surface area contributed by atoms with E-state index in [0.29, 0.717) is 13.0 Å². The van der Waals surface area contributed by atoms with E-state index in [0.717, 1.165) is 17.7 Å². The summed E-state index contributed by atoms with van der Waals surface area (Å²) in [6, 6.07) is 7.82. The number of nitrogens with zero attached hydrogens (tertiary/aromatic N) is 1. The van der Waals surface area contributed by atoms with Gasteiger partial charge in [0.2, 0.25) is 0 Å². The molecule has 2 heterocycles. The van der Waals surface area contributed by atoms with E-state index in [4.69, 9.17) is 9.84 Å². The second kappa shape index (κ2) is 5.28. The Bertz CT molecular complexity index is 571. The zero-order valence-electron chi connectivity index (χ0n) is 12.3. The number of hydrogen-bond acceptors (Lipinski definition) is 3. The quantitative estimate of drug-likeness (QED) is 0.864. The van der Waals surface area contributed by atoms with Crippen LogP contribution < -0.4 is 4.90 Å². The van der Waals surface area contributed by atoms with Crippen LogP contribution in [0.25, 0.3) is 0 Å². The van der Waals surface area contributed by atoms with Gasteiger partial charge in [0.15, 0.2) is 5.60 Å². The lowest BCUT2D eigenvalue weighted by Crippen LogP contribution is -2.44. The highest BCUT2D eigenvalue weighted by molar-refractivity contribution is 6.07. The Kier molecular flexibility index (Phi) is 3.59. The number of anilines is 1. The molecule has 4 nitrogen and oxygen atoms in total. The Labute approximate surface area is 125 Å². The summed E-state index contributed by atoms with van der Waals surface area (Å²) in [5, 5.41) is 9.15. The topological polar surface area (TPSA) is 49.8 Å². The molecule has 2 aliphatic heterocycles. The lowest BCUT2D eigenvalue weighted by molar-refractivity contribution is -0.146. The third-order valence-corrected chi connectivity index (χ3v) is 4.58. The highest BCUT2D eigenvalue weighted by Crippen LogP contribution is 2.53. The van der Waals surface area contributed by atoms with Gasteiger partial charge in [-0.25, -0.2) is 0 Å². The van der Waals surface area contributed by atoms with Crippen molar-refractivity contribution >= 4 is 11.6 Å². The predicted molar refractivity (Wildman–Crippen MR) is 81.0 cm³/mol. The zero-order valence-corrected chi connectivity index (χ0v) is 12.3. The van der Waals surface area contributed by atoms with Crippen molar-refractivity contribution in [2.75, 3.05) is 18.1 Å². The summed E-state index contributed by atoms with van der Waals surface area (Å²) in [7, 11) is 0. The Morgan fingerprint density at radius 3 is 3.00 bits per heavy atom. The molecule has 0 bridgehead atoms. The summed E-state index contributed by atoms with van der Waals surface area (Å²) in [5.41, 5.74) is 0.975. The number of aliphatic hydroxyl groups is 1. The summed E-state index contributed by atoms with van der Waals surface area (Å²) in [6.45, 7) is 6.37. The molecule has 2 aliphatic rings. The van der Waals surface area contributed by atoms with E-state index < -0.39 is 5.60 Å². The SMILES string of the molecule is C=CCN1C(=O)[C@]2(O[C@H](CCO)C[C@@H]2C)c2ccccc21. The molecule has 1 spiro atoms. The summed E-state index contributed by atoms with van der Waals surface area (Å²) >= 11 is 0. The fourth-order valence-corrected chi connectivity index (χ4v) is 3.66. The van der Waals surface area contributed by atoms with Gasteiger partial charge in [0.1, 0.15) is 0 Å². The van der Waals surface area contributed by atoms with E-state index in [2.05, 4.69) is 13.5 Å². The highest BCUT2D eigenvalue weighted by atomic mass is 16.5. The maximum absolute atomic E-state index is 13.0. The second-order valence-corrected chi connectivity index (χ2v) is 5.85. The van der Waals surface area contributed by atoms with Crippen molar-refractivity contribution in [3.63, 3.8) is 0 Å². The molecule has 1 aromatic carbocycles. The number of carbonyl (C=O) groups is 1. The molecule has 1 amide bonds. The number of ether oxygens (including phenoxy) is 1. The monoisotopic (exact) mass is 287 g/mol. The minimum absolute atomic E-state index is 0.00320. The average molecular weight is 287 g/mol. The summed E-state index contributed by atoms with van der Waals surface area (Å²) in [6.07, 6.45) is 3.04. The van der Waals surface area contributed by atoms with Crippen molar-refractivity contribution in [1.82, 2.24) is 0 Å². The maximum atomic E-state index is 13.0. The maximum Gasteiger partial charge on any atom is 0.264 e. The number of fused-ring (bicyclic) bond motifs is 2. The number of benzene rings is 1. The molecule has 0 radical (unpaired) electrons. The number of amides is 1. The standard InChI is InChI=1S/C17H21NO3/c1-3-9-18-15-7-5-4-6-14(15)17(16(18)20)12(2)11-13(21-17)8-10-19/h3-7,12-13,19H,1,8-11H2,2H3/t12-,13+,17+/m0/s1. The molecule has 3 rings (SSSR count). The summed E-state index contributed by atoms with van der Waals surface area (Å²) in [5.74, 6) is 0.0917. The normalized spacial score (nSPS) is 31.0. The largest absolute Gasteiger partial charge is 0.396 e. The lowest BCUT2D eigenvalue weighted by Gasteiger charge is -2.27. The molecule has 0 unspecified atom stereocenters.